The van der Waals surface area contributed by atoms with E-state index < -0.39 is 0 Å². The van der Waals surface area contributed by atoms with Crippen molar-refractivity contribution < 1.29 is 9.26 Å². The standard InChI is InChI=1S/C19H25N3O2/c1-2-5-14(6-3-1)19-11-15(22-24-19)12-21-17-8-4-7-16(17)18-13-23-10-9-20-18/h1-3,5-6,11,16-18,20-21H,4,7-10,12-13H2. The van der Waals surface area contributed by atoms with E-state index in [-0.39, 0.29) is 0 Å². The van der Waals surface area contributed by atoms with Crippen LogP contribution < -0.4 is 10.6 Å². The Morgan fingerprint density at radius 1 is 1.21 bits per heavy atom. The van der Waals surface area contributed by atoms with Crippen molar-refractivity contribution in [1.82, 2.24) is 15.8 Å². The number of hydrogen-bond acceptors (Lipinski definition) is 5. The average molecular weight is 327 g/mol. The molecule has 2 aromatic rings. The molecule has 1 aliphatic carbocycles. The van der Waals surface area contributed by atoms with Crippen LogP contribution in [0.3, 0.4) is 0 Å². The molecule has 2 heterocycles. The monoisotopic (exact) mass is 327 g/mol. The summed E-state index contributed by atoms with van der Waals surface area (Å²) in [7, 11) is 0. The predicted molar refractivity (Wildman–Crippen MR) is 92.5 cm³/mol. The van der Waals surface area contributed by atoms with Crippen molar-refractivity contribution in [1.29, 1.82) is 0 Å². The Bertz CT molecular complexity index is 637. The van der Waals surface area contributed by atoms with Crippen LogP contribution in [0.15, 0.2) is 40.9 Å². The van der Waals surface area contributed by atoms with Crippen LogP contribution in [0.25, 0.3) is 11.3 Å². The molecule has 5 heteroatoms. The molecule has 1 saturated heterocycles. The number of aromatic nitrogens is 1. The summed E-state index contributed by atoms with van der Waals surface area (Å²) >= 11 is 0. The summed E-state index contributed by atoms with van der Waals surface area (Å²) in [5.74, 6) is 1.48. The van der Waals surface area contributed by atoms with Crippen LogP contribution in [-0.2, 0) is 11.3 Å². The zero-order valence-electron chi connectivity index (χ0n) is 13.9. The highest BCUT2D eigenvalue weighted by Gasteiger charge is 2.34. The Balaban J connectivity index is 1.35. The molecule has 1 aliphatic heterocycles. The third kappa shape index (κ3) is 3.53. The molecule has 1 aromatic heterocycles. The third-order valence-electron chi connectivity index (χ3n) is 5.20. The number of nitrogens with zero attached hydrogens (tertiary/aromatic N) is 1. The van der Waals surface area contributed by atoms with Crippen molar-refractivity contribution >= 4 is 0 Å². The average Bonchev–Trinajstić information content (AvgIpc) is 3.31. The zero-order valence-corrected chi connectivity index (χ0v) is 13.9. The topological polar surface area (TPSA) is 59.3 Å². The Hall–Kier alpha value is -1.69. The summed E-state index contributed by atoms with van der Waals surface area (Å²) in [5, 5.41) is 11.5. The van der Waals surface area contributed by atoms with Gasteiger partial charge >= 0.3 is 0 Å². The first kappa shape index (κ1) is 15.8. The van der Waals surface area contributed by atoms with E-state index in [0.29, 0.717) is 18.0 Å². The van der Waals surface area contributed by atoms with Gasteiger partial charge in [0.05, 0.1) is 18.9 Å². The Morgan fingerprint density at radius 3 is 2.96 bits per heavy atom. The second kappa shape index (κ2) is 7.47. The van der Waals surface area contributed by atoms with Crippen molar-refractivity contribution in [2.45, 2.75) is 37.9 Å². The van der Waals surface area contributed by atoms with Gasteiger partial charge in [-0.1, -0.05) is 41.9 Å². The molecule has 0 bridgehead atoms. The molecule has 128 valence electrons. The summed E-state index contributed by atoms with van der Waals surface area (Å²) in [6, 6.07) is 13.2. The summed E-state index contributed by atoms with van der Waals surface area (Å²) in [6.45, 7) is 3.40. The molecule has 1 saturated carbocycles. The molecule has 5 nitrogen and oxygen atoms in total. The minimum atomic E-state index is 0.482. The SMILES string of the molecule is c1ccc(-c2cc(CNC3CCCC3C3COCCN3)no2)cc1. The van der Waals surface area contributed by atoms with Crippen LogP contribution in [0.2, 0.25) is 0 Å². The van der Waals surface area contributed by atoms with E-state index in [0.717, 1.165) is 43.3 Å². The zero-order chi connectivity index (χ0) is 16.2. The number of morpholine rings is 1. The molecular weight excluding hydrogens is 302 g/mol. The van der Waals surface area contributed by atoms with Crippen LogP contribution in [0, 0.1) is 5.92 Å². The van der Waals surface area contributed by atoms with E-state index >= 15 is 0 Å². The minimum Gasteiger partial charge on any atom is -0.379 e. The van der Waals surface area contributed by atoms with E-state index in [1.54, 1.807) is 0 Å². The lowest BCUT2D eigenvalue weighted by Crippen LogP contribution is -2.50. The molecular formula is C19H25N3O2. The summed E-state index contributed by atoms with van der Waals surface area (Å²) in [4.78, 5) is 0. The highest BCUT2D eigenvalue weighted by Crippen LogP contribution is 2.30. The largest absolute Gasteiger partial charge is 0.379 e. The van der Waals surface area contributed by atoms with Crippen LogP contribution in [-0.4, -0.2) is 37.0 Å². The Morgan fingerprint density at radius 2 is 2.12 bits per heavy atom. The van der Waals surface area contributed by atoms with Crippen molar-refractivity contribution in [3.05, 3.63) is 42.1 Å². The molecule has 24 heavy (non-hydrogen) atoms. The van der Waals surface area contributed by atoms with Crippen LogP contribution in [0.4, 0.5) is 0 Å². The molecule has 3 atom stereocenters. The van der Waals surface area contributed by atoms with Crippen LogP contribution in [0.1, 0.15) is 25.0 Å². The molecule has 1 aromatic carbocycles. The fourth-order valence-electron chi connectivity index (χ4n) is 3.95. The molecule has 2 fully saturated rings. The van der Waals surface area contributed by atoms with E-state index in [4.69, 9.17) is 9.26 Å². The number of nitrogens with one attached hydrogen (secondary N) is 2. The second-order valence-corrected chi connectivity index (χ2v) is 6.77. The minimum absolute atomic E-state index is 0.482. The molecule has 2 N–H and O–H groups in total. The lowest BCUT2D eigenvalue weighted by Gasteiger charge is -2.32. The summed E-state index contributed by atoms with van der Waals surface area (Å²) in [5.41, 5.74) is 2.03. The molecule has 3 unspecified atom stereocenters. The molecule has 4 rings (SSSR count). The van der Waals surface area contributed by atoms with Crippen LogP contribution >= 0.6 is 0 Å². The van der Waals surface area contributed by atoms with Gasteiger partial charge in [-0.2, -0.15) is 0 Å². The maximum Gasteiger partial charge on any atom is 0.167 e. The van der Waals surface area contributed by atoms with E-state index in [9.17, 15) is 0 Å². The van der Waals surface area contributed by atoms with Gasteiger partial charge in [0.2, 0.25) is 0 Å². The van der Waals surface area contributed by atoms with Gasteiger partial charge < -0.3 is 19.9 Å². The maximum absolute atomic E-state index is 5.64. The van der Waals surface area contributed by atoms with E-state index in [1.807, 2.05) is 36.4 Å². The van der Waals surface area contributed by atoms with Gasteiger partial charge in [0.1, 0.15) is 0 Å². The van der Waals surface area contributed by atoms with Gasteiger partial charge in [-0.3, -0.25) is 0 Å². The number of benzene rings is 1. The van der Waals surface area contributed by atoms with Crippen molar-refractivity contribution in [2.24, 2.45) is 5.92 Å². The quantitative estimate of drug-likeness (QED) is 0.884. The third-order valence-corrected chi connectivity index (χ3v) is 5.20. The smallest absolute Gasteiger partial charge is 0.167 e. The Labute approximate surface area is 142 Å². The van der Waals surface area contributed by atoms with Gasteiger partial charge in [0.25, 0.3) is 0 Å². The lowest BCUT2D eigenvalue weighted by atomic mass is 9.94. The highest BCUT2D eigenvalue weighted by molar-refractivity contribution is 5.56. The molecule has 0 spiro atoms. The fourth-order valence-corrected chi connectivity index (χ4v) is 3.95. The number of hydrogen-bond donors (Lipinski definition) is 2. The summed E-state index contributed by atoms with van der Waals surface area (Å²) < 4.78 is 11.1. The highest BCUT2D eigenvalue weighted by atomic mass is 16.5. The van der Waals surface area contributed by atoms with Gasteiger partial charge in [0.15, 0.2) is 5.76 Å². The molecule has 0 radical (unpaired) electrons. The van der Waals surface area contributed by atoms with Gasteiger partial charge in [-0.25, -0.2) is 0 Å². The maximum atomic E-state index is 5.64. The van der Waals surface area contributed by atoms with Gasteiger partial charge in [-0.15, -0.1) is 0 Å². The first-order valence-corrected chi connectivity index (χ1v) is 8.96. The fraction of sp³-hybridized carbons (Fsp3) is 0.526. The predicted octanol–water partition coefficient (Wildman–Crippen LogP) is 2.59. The molecule has 0 amide bonds. The van der Waals surface area contributed by atoms with Crippen molar-refractivity contribution in [3.63, 3.8) is 0 Å². The Kier molecular flexibility index (Phi) is 4.92. The van der Waals surface area contributed by atoms with E-state index in [2.05, 4.69) is 15.8 Å². The van der Waals surface area contributed by atoms with Crippen molar-refractivity contribution in [3.8, 4) is 11.3 Å². The number of ether oxygens (including phenoxy) is 1. The first-order valence-electron chi connectivity index (χ1n) is 8.96. The lowest BCUT2D eigenvalue weighted by molar-refractivity contribution is 0.0524. The summed E-state index contributed by atoms with van der Waals surface area (Å²) in [6.07, 6.45) is 3.79. The van der Waals surface area contributed by atoms with Crippen molar-refractivity contribution in [2.75, 3.05) is 19.8 Å². The van der Waals surface area contributed by atoms with E-state index in [1.165, 1.54) is 19.3 Å². The van der Waals surface area contributed by atoms with Gasteiger partial charge in [-0.05, 0) is 18.8 Å². The van der Waals surface area contributed by atoms with Crippen LogP contribution in [0.5, 0.6) is 0 Å². The normalized spacial score (nSPS) is 27.4. The van der Waals surface area contributed by atoms with Gasteiger partial charge in [0, 0.05) is 36.8 Å². The first-order chi connectivity index (χ1) is 11.9. The number of rotatable bonds is 5. The molecule has 2 aliphatic rings. The second-order valence-electron chi connectivity index (χ2n) is 6.77.